The molecule has 0 unspecified atom stereocenters. The normalized spacial score (nSPS) is 14.8. The summed E-state index contributed by atoms with van der Waals surface area (Å²) < 4.78 is 21.9. The number of anilines is 1. The molecule has 0 fully saturated rings. The van der Waals surface area contributed by atoms with Crippen LogP contribution in [0.5, 0.6) is 23.0 Å². The summed E-state index contributed by atoms with van der Waals surface area (Å²) in [4.78, 5) is 27.5. The Balaban J connectivity index is 1.51. The van der Waals surface area contributed by atoms with E-state index >= 15 is 0 Å². The molecule has 4 rings (SSSR count). The van der Waals surface area contributed by atoms with Crippen LogP contribution in [0, 0.1) is 0 Å². The van der Waals surface area contributed by atoms with Crippen molar-refractivity contribution in [3.63, 3.8) is 0 Å². The van der Waals surface area contributed by atoms with E-state index in [1.54, 1.807) is 51.4 Å². The zero-order chi connectivity index (χ0) is 25.7. The van der Waals surface area contributed by atoms with Gasteiger partial charge in [-0.1, -0.05) is 12.1 Å². The Kier molecular flexibility index (Phi) is 7.63. The average Bonchev–Trinajstić information content (AvgIpc) is 3.00. The first-order valence-corrected chi connectivity index (χ1v) is 11.6. The predicted octanol–water partition coefficient (Wildman–Crippen LogP) is 4.20. The second-order valence-electron chi connectivity index (χ2n) is 8.53. The molecule has 0 saturated heterocycles. The SMILES string of the molecule is COc1ccc(CC(=O)Nc2ccc3c(c2)CN(Cc2ccc(OC)cc2OC)C(=O)[C@@H](C)O3)cc1. The third kappa shape index (κ3) is 5.71. The molecule has 3 aromatic carbocycles. The fourth-order valence-electron chi connectivity index (χ4n) is 4.13. The van der Waals surface area contributed by atoms with Crippen LogP contribution in [-0.2, 0) is 29.1 Å². The fraction of sp³-hybridized carbons (Fsp3) is 0.286. The molecule has 1 atom stereocenters. The maximum Gasteiger partial charge on any atom is 0.263 e. The molecule has 0 bridgehead atoms. The smallest absolute Gasteiger partial charge is 0.263 e. The number of ether oxygens (including phenoxy) is 4. The second-order valence-corrected chi connectivity index (χ2v) is 8.53. The third-order valence-corrected chi connectivity index (χ3v) is 6.05. The zero-order valence-corrected chi connectivity index (χ0v) is 20.9. The highest BCUT2D eigenvalue weighted by Crippen LogP contribution is 2.31. The Bertz CT molecular complexity index is 1240. The van der Waals surface area contributed by atoms with Crippen molar-refractivity contribution in [3.05, 3.63) is 77.4 Å². The highest BCUT2D eigenvalue weighted by molar-refractivity contribution is 5.92. The number of fused-ring (bicyclic) bond motifs is 1. The van der Waals surface area contributed by atoms with Gasteiger partial charge in [-0.3, -0.25) is 9.59 Å². The van der Waals surface area contributed by atoms with Crippen molar-refractivity contribution in [1.82, 2.24) is 4.90 Å². The van der Waals surface area contributed by atoms with Crippen molar-refractivity contribution >= 4 is 17.5 Å². The molecule has 0 aromatic heterocycles. The van der Waals surface area contributed by atoms with Crippen LogP contribution in [0.15, 0.2) is 60.7 Å². The molecule has 8 heteroatoms. The Hall–Kier alpha value is -4.20. The van der Waals surface area contributed by atoms with E-state index < -0.39 is 6.10 Å². The number of carbonyl (C=O) groups is 2. The molecule has 0 aliphatic carbocycles. The molecule has 0 saturated carbocycles. The van der Waals surface area contributed by atoms with Gasteiger partial charge in [0.1, 0.15) is 23.0 Å². The predicted molar refractivity (Wildman–Crippen MR) is 136 cm³/mol. The summed E-state index contributed by atoms with van der Waals surface area (Å²) >= 11 is 0. The van der Waals surface area contributed by atoms with Crippen molar-refractivity contribution in [1.29, 1.82) is 0 Å². The van der Waals surface area contributed by atoms with Gasteiger partial charge in [0, 0.05) is 36.0 Å². The van der Waals surface area contributed by atoms with Crippen LogP contribution in [0.3, 0.4) is 0 Å². The molecule has 1 aliphatic rings. The quantitative estimate of drug-likeness (QED) is 0.509. The molecule has 1 aliphatic heterocycles. The number of amides is 2. The van der Waals surface area contributed by atoms with E-state index in [2.05, 4.69) is 5.32 Å². The van der Waals surface area contributed by atoms with E-state index in [-0.39, 0.29) is 18.2 Å². The third-order valence-electron chi connectivity index (χ3n) is 6.05. The molecule has 1 heterocycles. The number of carbonyl (C=O) groups excluding carboxylic acids is 2. The number of methoxy groups -OCH3 is 3. The van der Waals surface area contributed by atoms with Gasteiger partial charge < -0.3 is 29.2 Å². The Labute approximate surface area is 210 Å². The molecule has 3 aromatic rings. The van der Waals surface area contributed by atoms with Gasteiger partial charge in [0.2, 0.25) is 5.91 Å². The van der Waals surface area contributed by atoms with E-state index in [1.807, 2.05) is 42.5 Å². The summed E-state index contributed by atoms with van der Waals surface area (Å²) in [5.41, 5.74) is 3.18. The average molecular weight is 491 g/mol. The lowest BCUT2D eigenvalue weighted by Gasteiger charge is -2.23. The molecule has 1 N–H and O–H groups in total. The lowest BCUT2D eigenvalue weighted by atomic mass is 10.1. The number of hydrogen-bond acceptors (Lipinski definition) is 6. The summed E-state index contributed by atoms with van der Waals surface area (Å²) in [6.45, 7) is 2.41. The molecule has 0 radical (unpaired) electrons. The van der Waals surface area contributed by atoms with Gasteiger partial charge in [-0.15, -0.1) is 0 Å². The minimum Gasteiger partial charge on any atom is -0.497 e. The number of nitrogens with one attached hydrogen (secondary N) is 1. The van der Waals surface area contributed by atoms with E-state index in [4.69, 9.17) is 18.9 Å². The topological polar surface area (TPSA) is 86.3 Å². The van der Waals surface area contributed by atoms with Crippen molar-refractivity contribution in [2.24, 2.45) is 0 Å². The Morgan fingerprint density at radius 3 is 2.39 bits per heavy atom. The zero-order valence-electron chi connectivity index (χ0n) is 20.9. The van der Waals surface area contributed by atoms with Crippen molar-refractivity contribution in [2.45, 2.75) is 32.5 Å². The van der Waals surface area contributed by atoms with Crippen molar-refractivity contribution in [3.8, 4) is 23.0 Å². The van der Waals surface area contributed by atoms with Crippen molar-refractivity contribution in [2.75, 3.05) is 26.6 Å². The molecule has 8 nitrogen and oxygen atoms in total. The monoisotopic (exact) mass is 490 g/mol. The van der Waals surface area contributed by atoms with Crippen LogP contribution in [0.25, 0.3) is 0 Å². The summed E-state index contributed by atoms with van der Waals surface area (Å²) in [5, 5.41) is 2.94. The lowest BCUT2D eigenvalue weighted by molar-refractivity contribution is -0.138. The maximum absolute atomic E-state index is 13.1. The number of hydrogen-bond donors (Lipinski definition) is 1. The summed E-state index contributed by atoms with van der Waals surface area (Å²) in [6.07, 6.45) is -0.415. The molecule has 2 amide bonds. The molecular weight excluding hydrogens is 460 g/mol. The van der Waals surface area contributed by atoms with Crippen LogP contribution in [0.4, 0.5) is 5.69 Å². The van der Waals surface area contributed by atoms with E-state index in [9.17, 15) is 9.59 Å². The minimum absolute atomic E-state index is 0.130. The lowest BCUT2D eigenvalue weighted by Crippen LogP contribution is -2.37. The Morgan fingerprint density at radius 1 is 0.972 bits per heavy atom. The number of benzene rings is 3. The molecular formula is C28H30N2O6. The number of nitrogens with zero attached hydrogens (tertiary/aromatic N) is 1. The summed E-state index contributed by atoms with van der Waals surface area (Å²) in [6, 6.07) is 18.3. The van der Waals surface area contributed by atoms with Gasteiger partial charge >= 0.3 is 0 Å². The highest BCUT2D eigenvalue weighted by atomic mass is 16.5. The van der Waals surface area contributed by atoms with Gasteiger partial charge in [-0.05, 0) is 55.0 Å². The van der Waals surface area contributed by atoms with E-state index in [1.165, 1.54) is 0 Å². The van der Waals surface area contributed by atoms with Crippen molar-refractivity contribution < 1.29 is 28.5 Å². The Morgan fingerprint density at radius 2 is 1.69 bits per heavy atom. The van der Waals surface area contributed by atoms with Gasteiger partial charge in [0.15, 0.2) is 6.10 Å². The number of rotatable bonds is 8. The van der Waals surface area contributed by atoms with Gasteiger partial charge in [0.05, 0.1) is 27.8 Å². The van der Waals surface area contributed by atoms with Gasteiger partial charge in [-0.25, -0.2) is 0 Å². The second kappa shape index (κ2) is 11.0. The highest BCUT2D eigenvalue weighted by Gasteiger charge is 2.29. The van der Waals surface area contributed by atoms with Crippen LogP contribution in [-0.4, -0.2) is 44.1 Å². The minimum atomic E-state index is -0.647. The van der Waals surface area contributed by atoms with Crippen LogP contribution in [0.1, 0.15) is 23.6 Å². The molecule has 188 valence electrons. The van der Waals surface area contributed by atoms with Crippen LogP contribution >= 0.6 is 0 Å². The first-order valence-electron chi connectivity index (χ1n) is 11.6. The largest absolute Gasteiger partial charge is 0.497 e. The van der Waals surface area contributed by atoms with E-state index in [0.717, 1.165) is 22.4 Å². The standard InChI is InChI=1S/C28H30N2O6/c1-18-28(32)30(16-20-7-11-24(34-3)15-26(20)35-4)17-21-14-22(8-12-25(21)36-18)29-27(31)13-19-5-9-23(33-2)10-6-19/h5-12,14-15,18H,13,16-17H2,1-4H3,(H,29,31)/t18-/m1/s1. The maximum atomic E-state index is 13.1. The first-order chi connectivity index (χ1) is 17.4. The van der Waals surface area contributed by atoms with Crippen LogP contribution in [0.2, 0.25) is 0 Å². The van der Waals surface area contributed by atoms with Crippen LogP contribution < -0.4 is 24.3 Å². The van der Waals surface area contributed by atoms with Gasteiger partial charge in [-0.2, -0.15) is 0 Å². The van der Waals surface area contributed by atoms with E-state index in [0.29, 0.717) is 36.0 Å². The summed E-state index contributed by atoms with van der Waals surface area (Å²) in [5.74, 6) is 2.40. The molecule has 0 spiro atoms. The first kappa shape index (κ1) is 24.9. The van der Waals surface area contributed by atoms with Gasteiger partial charge in [0.25, 0.3) is 5.91 Å². The molecule has 36 heavy (non-hydrogen) atoms. The fourth-order valence-corrected chi connectivity index (χ4v) is 4.13. The summed E-state index contributed by atoms with van der Waals surface area (Å²) in [7, 11) is 4.78.